The van der Waals surface area contributed by atoms with Gasteiger partial charge in [0, 0.05) is 23.5 Å². The van der Waals surface area contributed by atoms with E-state index in [0.29, 0.717) is 0 Å². The molecule has 0 radical (unpaired) electrons. The van der Waals surface area contributed by atoms with Gasteiger partial charge in [-0.05, 0) is 66.4 Å². The summed E-state index contributed by atoms with van der Waals surface area (Å²) in [6.45, 7) is -0.500. The first kappa shape index (κ1) is 35.0. The molecule has 1 aliphatic carbocycles. The molecular weight excluding hydrogens is 721 g/mol. The first-order valence-corrected chi connectivity index (χ1v) is 18.5. The Balaban J connectivity index is 1.57. The second-order valence-corrected chi connectivity index (χ2v) is 15.2. The van der Waals surface area contributed by atoms with Gasteiger partial charge in [-0.25, -0.2) is 8.42 Å². The van der Waals surface area contributed by atoms with Crippen LogP contribution in [0.5, 0.6) is 0 Å². The van der Waals surface area contributed by atoms with E-state index < -0.39 is 28.5 Å². The van der Waals surface area contributed by atoms with Crippen LogP contribution in [0, 0.1) is 0 Å². The summed E-state index contributed by atoms with van der Waals surface area (Å²) in [7, 11) is -4.24. The largest absolute Gasteiger partial charge is 0.352 e. The maximum absolute atomic E-state index is 14.6. The maximum Gasteiger partial charge on any atom is 0.264 e. The monoisotopic (exact) mass is 755 g/mol. The van der Waals surface area contributed by atoms with Crippen molar-refractivity contribution in [2.75, 3.05) is 10.8 Å². The molecule has 0 aromatic heterocycles. The molecule has 246 valence electrons. The van der Waals surface area contributed by atoms with Gasteiger partial charge in [0.05, 0.1) is 20.6 Å². The first-order chi connectivity index (χ1) is 22.6. The number of carbonyl (C=O) groups excluding carboxylic acids is 2. The summed E-state index contributed by atoms with van der Waals surface area (Å²) in [6, 6.07) is 28.5. The molecule has 0 aliphatic heterocycles. The Labute approximate surface area is 295 Å². The van der Waals surface area contributed by atoms with Gasteiger partial charge in [0.25, 0.3) is 10.0 Å². The molecule has 0 unspecified atom stereocenters. The van der Waals surface area contributed by atoms with Crippen LogP contribution < -0.4 is 9.62 Å². The number of nitrogens with one attached hydrogen (secondary N) is 1. The zero-order chi connectivity index (χ0) is 33.4. The van der Waals surface area contributed by atoms with E-state index in [4.69, 9.17) is 23.2 Å². The summed E-state index contributed by atoms with van der Waals surface area (Å²) < 4.78 is 30.1. The average molecular weight is 758 g/mol. The summed E-state index contributed by atoms with van der Waals surface area (Å²) in [6.07, 6.45) is 5.20. The van der Waals surface area contributed by atoms with Gasteiger partial charge in [-0.2, -0.15) is 0 Å². The summed E-state index contributed by atoms with van der Waals surface area (Å²) >= 11 is 16.0. The lowest BCUT2D eigenvalue weighted by Crippen LogP contribution is -2.55. The molecular formula is C36H36BrCl2N3O4S. The highest BCUT2D eigenvalue weighted by atomic mass is 79.9. The molecule has 2 amide bonds. The van der Waals surface area contributed by atoms with Crippen LogP contribution >= 0.6 is 39.1 Å². The Morgan fingerprint density at radius 2 is 1.47 bits per heavy atom. The minimum Gasteiger partial charge on any atom is -0.352 e. The number of rotatable bonds is 12. The van der Waals surface area contributed by atoms with E-state index in [1.807, 2.05) is 54.6 Å². The predicted molar refractivity (Wildman–Crippen MR) is 191 cm³/mol. The van der Waals surface area contributed by atoms with Crippen molar-refractivity contribution in [3.63, 3.8) is 0 Å². The molecule has 1 saturated carbocycles. The van der Waals surface area contributed by atoms with Crippen LogP contribution in [0.1, 0.15) is 43.2 Å². The lowest BCUT2D eigenvalue weighted by atomic mass is 9.94. The second-order valence-electron chi connectivity index (χ2n) is 11.6. The van der Waals surface area contributed by atoms with Crippen LogP contribution in [-0.2, 0) is 32.6 Å². The van der Waals surface area contributed by atoms with E-state index in [-0.39, 0.29) is 45.5 Å². The van der Waals surface area contributed by atoms with Gasteiger partial charge >= 0.3 is 0 Å². The molecule has 0 spiro atoms. The molecule has 1 aliphatic rings. The Morgan fingerprint density at radius 3 is 2.13 bits per heavy atom. The van der Waals surface area contributed by atoms with Crippen LogP contribution in [0.3, 0.4) is 0 Å². The van der Waals surface area contributed by atoms with Crippen LogP contribution in [0.15, 0.2) is 112 Å². The predicted octanol–water partition coefficient (Wildman–Crippen LogP) is 8.04. The zero-order valence-electron chi connectivity index (χ0n) is 25.7. The number of hydrogen-bond donors (Lipinski definition) is 1. The molecule has 47 heavy (non-hydrogen) atoms. The van der Waals surface area contributed by atoms with Gasteiger partial charge in [-0.3, -0.25) is 13.9 Å². The summed E-state index contributed by atoms with van der Waals surface area (Å²) in [5.74, 6) is -0.814. The molecule has 4 aromatic rings. The molecule has 11 heteroatoms. The van der Waals surface area contributed by atoms with Crippen LogP contribution in [0.4, 0.5) is 5.69 Å². The van der Waals surface area contributed by atoms with Crippen LogP contribution in [-0.4, -0.2) is 43.8 Å². The standard InChI is InChI=1S/C36H36BrCl2N3O4S/c37-28-14-10-13-27(21-28)24-41(34(22-26-11-4-1-5-12-26)36(44)40-29-15-6-2-7-16-29)35(43)25-42(30-19-20-32(38)33(39)23-30)47(45,46)31-17-8-3-9-18-31/h1,3-5,8-14,17-21,23,29,34H,2,6-7,15-16,22,24-25H2,(H,40,44)/t34-/m0/s1. The molecule has 1 N–H and O–H groups in total. The molecule has 1 atom stereocenters. The quantitative estimate of drug-likeness (QED) is 0.159. The third-order valence-electron chi connectivity index (χ3n) is 8.27. The number of halogens is 3. The lowest BCUT2D eigenvalue weighted by Gasteiger charge is -2.35. The summed E-state index contributed by atoms with van der Waals surface area (Å²) in [5.41, 5.74) is 1.83. The number of anilines is 1. The Morgan fingerprint density at radius 1 is 0.809 bits per heavy atom. The van der Waals surface area contributed by atoms with Crippen molar-refractivity contribution in [3.05, 3.63) is 129 Å². The number of hydrogen-bond acceptors (Lipinski definition) is 4. The summed E-state index contributed by atoms with van der Waals surface area (Å²) in [5, 5.41) is 3.61. The number of nitrogens with zero attached hydrogens (tertiary/aromatic N) is 2. The van der Waals surface area contributed by atoms with Gasteiger partial charge in [0.1, 0.15) is 12.6 Å². The third-order valence-corrected chi connectivity index (χ3v) is 11.3. The average Bonchev–Trinajstić information content (AvgIpc) is 3.07. The minimum atomic E-state index is -4.24. The highest BCUT2D eigenvalue weighted by molar-refractivity contribution is 9.10. The molecule has 7 nitrogen and oxygen atoms in total. The number of sulfonamides is 1. The van der Waals surface area contributed by atoms with E-state index in [0.717, 1.165) is 52.0 Å². The van der Waals surface area contributed by atoms with Gasteiger partial charge in [-0.15, -0.1) is 0 Å². The molecule has 1 fully saturated rings. The van der Waals surface area contributed by atoms with Gasteiger partial charge in [0.15, 0.2) is 0 Å². The Kier molecular flexibility index (Phi) is 12.0. The fourth-order valence-electron chi connectivity index (χ4n) is 5.82. The van der Waals surface area contributed by atoms with Crippen molar-refractivity contribution >= 4 is 66.7 Å². The van der Waals surface area contributed by atoms with Gasteiger partial charge in [0.2, 0.25) is 11.8 Å². The molecule has 0 bridgehead atoms. The van der Waals surface area contributed by atoms with E-state index in [9.17, 15) is 18.0 Å². The smallest absolute Gasteiger partial charge is 0.264 e. The Bertz CT molecular complexity index is 1790. The van der Waals surface area contributed by atoms with Crippen LogP contribution in [0.25, 0.3) is 0 Å². The SMILES string of the molecule is O=C(NC1CCCCC1)[C@H](Cc1ccccc1)N(Cc1cccc(Br)c1)C(=O)CN(c1ccc(Cl)c(Cl)c1)S(=O)(=O)c1ccccc1. The fraction of sp³-hybridized carbons (Fsp3) is 0.278. The normalized spacial score (nSPS) is 14.3. The van der Waals surface area contributed by atoms with Crippen molar-refractivity contribution in [1.29, 1.82) is 0 Å². The Hall–Kier alpha value is -3.37. The number of carbonyl (C=O) groups is 2. The highest BCUT2D eigenvalue weighted by Gasteiger charge is 2.35. The van der Waals surface area contributed by atoms with Crippen molar-refractivity contribution in [2.24, 2.45) is 0 Å². The topological polar surface area (TPSA) is 86.8 Å². The molecule has 4 aromatic carbocycles. The van der Waals surface area contributed by atoms with Gasteiger partial charge in [-0.1, -0.05) is 119 Å². The third kappa shape index (κ3) is 9.16. The van der Waals surface area contributed by atoms with Crippen LogP contribution in [0.2, 0.25) is 10.0 Å². The van der Waals surface area contributed by atoms with Gasteiger partial charge < -0.3 is 10.2 Å². The van der Waals surface area contributed by atoms with E-state index in [1.165, 1.54) is 35.2 Å². The van der Waals surface area contributed by atoms with Crippen molar-refractivity contribution in [1.82, 2.24) is 10.2 Å². The van der Waals surface area contributed by atoms with Crippen molar-refractivity contribution in [3.8, 4) is 0 Å². The number of benzene rings is 4. The molecule has 0 heterocycles. The van der Waals surface area contributed by atoms with Crippen molar-refractivity contribution < 1.29 is 18.0 Å². The minimum absolute atomic E-state index is 0.00768. The molecule has 5 rings (SSSR count). The maximum atomic E-state index is 14.6. The zero-order valence-corrected chi connectivity index (χ0v) is 29.6. The second kappa shape index (κ2) is 16.2. The number of amides is 2. The summed E-state index contributed by atoms with van der Waals surface area (Å²) in [4.78, 5) is 30.3. The van der Waals surface area contributed by atoms with E-state index >= 15 is 0 Å². The van der Waals surface area contributed by atoms with E-state index in [1.54, 1.807) is 18.2 Å². The highest BCUT2D eigenvalue weighted by Crippen LogP contribution is 2.31. The fourth-order valence-corrected chi connectivity index (χ4v) is 7.98. The lowest BCUT2D eigenvalue weighted by molar-refractivity contribution is -0.140. The molecule has 0 saturated heterocycles. The van der Waals surface area contributed by atoms with Crippen molar-refractivity contribution in [2.45, 2.75) is 62.0 Å². The first-order valence-electron chi connectivity index (χ1n) is 15.5. The van der Waals surface area contributed by atoms with E-state index in [2.05, 4.69) is 21.2 Å².